The molecule has 3 aromatic rings. The zero-order valence-corrected chi connectivity index (χ0v) is 20.3. The van der Waals surface area contributed by atoms with Gasteiger partial charge in [-0.1, -0.05) is 24.6 Å². The minimum atomic E-state index is -0.0532. The van der Waals surface area contributed by atoms with Crippen LogP contribution in [0.4, 0.5) is 0 Å². The molecule has 0 saturated heterocycles. The lowest BCUT2D eigenvalue weighted by Gasteiger charge is -2.28. The van der Waals surface area contributed by atoms with Crippen LogP contribution in [0.15, 0.2) is 42.5 Å². The van der Waals surface area contributed by atoms with Crippen LogP contribution in [0.2, 0.25) is 0 Å². The molecule has 178 valence electrons. The van der Waals surface area contributed by atoms with Crippen molar-refractivity contribution in [1.29, 1.82) is 0 Å². The van der Waals surface area contributed by atoms with E-state index in [9.17, 15) is 4.79 Å². The fourth-order valence-corrected chi connectivity index (χ4v) is 6.04. The van der Waals surface area contributed by atoms with E-state index in [4.69, 9.17) is 19.2 Å². The van der Waals surface area contributed by atoms with Gasteiger partial charge in [-0.3, -0.25) is 4.79 Å². The molecule has 1 aromatic heterocycles. The zero-order chi connectivity index (χ0) is 23.8. The third-order valence-corrected chi connectivity index (χ3v) is 7.72. The molecule has 1 heterocycles. The lowest BCUT2D eigenvalue weighted by molar-refractivity contribution is 0.0917. The first-order chi connectivity index (χ1) is 16.5. The lowest BCUT2D eigenvalue weighted by Crippen LogP contribution is -2.40. The minimum Gasteiger partial charge on any atom is -0.493 e. The molecule has 6 nitrogen and oxygen atoms in total. The maximum Gasteiger partial charge on any atom is 0.252 e. The second-order valence-corrected chi connectivity index (χ2v) is 9.59. The Balaban J connectivity index is 1.53. The maximum absolute atomic E-state index is 13.6. The number of para-hydroxylation sites is 1. The third kappa shape index (κ3) is 3.95. The maximum atomic E-state index is 13.6. The molecule has 2 aliphatic carbocycles. The SMILES string of the molecule is COc1cc(-c2cc(C(=O)N[C@@H](C)[C@@H]3C[C@@H]4CC[C@@H]3C4)c3ccccc3n2)cc(OC)c1OC. The Morgan fingerprint density at radius 1 is 1.00 bits per heavy atom. The Morgan fingerprint density at radius 2 is 1.74 bits per heavy atom. The fourth-order valence-electron chi connectivity index (χ4n) is 6.04. The Morgan fingerprint density at radius 3 is 2.35 bits per heavy atom. The van der Waals surface area contributed by atoms with E-state index in [-0.39, 0.29) is 11.9 Å². The lowest BCUT2D eigenvalue weighted by atomic mass is 9.84. The number of ether oxygens (including phenoxy) is 3. The van der Waals surface area contributed by atoms with Gasteiger partial charge in [-0.25, -0.2) is 4.98 Å². The number of methoxy groups -OCH3 is 3. The van der Waals surface area contributed by atoms with Gasteiger partial charge >= 0.3 is 0 Å². The van der Waals surface area contributed by atoms with Crippen LogP contribution in [0, 0.1) is 17.8 Å². The number of nitrogens with one attached hydrogen (secondary N) is 1. The summed E-state index contributed by atoms with van der Waals surface area (Å²) in [5, 5.41) is 4.16. The number of hydrogen-bond acceptors (Lipinski definition) is 5. The van der Waals surface area contributed by atoms with E-state index in [0.29, 0.717) is 34.4 Å². The van der Waals surface area contributed by atoms with Crippen LogP contribution in [-0.4, -0.2) is 38.3 Å². The van der Waals surface area contributed by atoms with Gasteiger partial charge in [-0.05, 0) is 68.2 Å². The highest BCUT2D eigenvalue weighted by atomic mass is 16.5. The number of nitrogens with zero attached hydrogens (tertiary/aromatic N) is 1. The molecule has 1 amide bonds. The van der Waals surface area contributed by atoms with Gasteiger partial charge in [0.1, 0.15) is 0 Å². The van der Waals surface area contributed by atoms with Crippen molar-refractivity contribution in [3.05, 3.63) is 48.0 Å². The second-order valence-electron chi connectivity index (χ2n) is 9.59. The normalized spacial score (nSPS) is 21.9. The topological polar surface area (TPSA) is 69.7 Å². The largest absolute Gasteiger partial charge is 0.493 e. The van der Waals surface area contributed by atoms with Crippen LogP contribution in [-0.2, 0) is 0 Å². The van der Waals surface area contributed by atoms with Crippen LogP contribution >= 0.6 is 0 Å². The summed E-state index contributed by atoms with van der Waals surface area (Å²) >= 11 is 0. The third-order valence-electron chi connectivity index (χ3n) is 7.72. The summed E-state index contributed by atoms with van der Waals surface area (Å²) in [5.41, 5.74) is 2.86. The van der Waals surface area contributed by atoms with E-state index in [1.807, 2.05) is 42.5 Å². The molecule has 6 heteroatoms. The summed E-state index contributed by atoms with van der Waals surface area (Å²) in [6, 6.07) is 13.5. The molecule has 0 radical (unpaired) electrons. The standard InChI is InChI=1S/C28H32N2O4/c1-16(21-12-17-9-10-18(21)11-17)29-28(31)22-15-24(30-23-8-6-5-7-20(22)23)19-13-25(32-2)27(34-4)26(14-19)33-3/h5-8,13-18,21H,9-12H2,1-4H3,(H,29,31)/t16-,17+,18+,21-/m0/s1. The van der Waals surface area contributed by atoms with Crippen molar-refractivity contribution in [2.75, 3.05) is 21.3 Å². The summed E-state index contributed by atoms with van der Waals surface area (Å²) in [6.45, 7) is 2.16. The Labute approximate surface area is 200 Å². The van der Waals surface area contributed by atoms with Crippen molar-refractivity contribution in [3.8, 4) is 28.5 Å². The van der Waals surface area contributed by atoms with Crippen molar-refractivity contribution < 1.29 is 19.0 Å². The van der Waals surface area contributed by atoms with E-state index in [1.165, 1.54) is 25.7 Å². The van der Waals surface area contributed by atoms with Gasteiger partial charge in [-0.2, -0.15) is 0 Å². The summed E-state index contributed by atoms with van der Waals surface area (Å²) in [4.78, 5) is 18.4. The van der Waals surface area contributed by atoms with Crippen molar-refractivity contribution in [2.45, 2.75) is 38.6 Å². The van der Waals surface area contributed by atoms with Gasteiger partial charge in [0.2, 0.25) is 5.75 Å². The predicted molar refractivity (Wildman–Crippen MR) is 133 cm³/mol. The molecule has 0 unspecified atom stereocenters. The van der Waals surface area contributed by atoms with Gasteiger partial charge in [0.15, 0.2) is 11.5 Å². The van der Waals surface area contributed by atoms with Gasteiger partial charge in [0.25, 0.3) is 5.91 Å². The molecule has 34 heavy (non-hydrogen) atoms. The van der Waals surface area contributed by atoms with E-state index in [2.05, 4.69) is 12.2 Å². The van der Waals surface area contributed by atoms with Crippen molar-refractivity contribution in [3.63, 3.8) is 0 Å². The van der Waals surface area contributed by atoms with Gasteiger partial charge in [0, 0.05) is 17.0 Å². The van der Waals surface area contributed by atoms with Gasteiger partial charge in [0.05, 0.1) is 38.1 Å². The molecular formula is C28H32N2O4. The highest BCUT2D eigenvalue weighted by Crippen LogP contribution is 2.49. The molecule has 2 fully saturated rings. The number of benzene rings is 2. The van der Waals surface area contributed by atoms with Crippen molar-refractivity contribution >= 4 is 16.8 Å². The van der Waals surface area contributed by atoms with Crippen LogP contribution in [0.1, 0.15) is 43.0 Å². The summed E-state index contributed by atoms with van der Waals surface area (Å²) in [6.07, 6.45) is 5.22. The average Bonchev–Trinajstić information content (AvgIpc) is 3.51. The highest BCUT2D eigenvalue weighted by molar-refractivity contribution is 6.07. The van der Waals surface area contributed by atoms with Crippen LogP contribution in [0.25, 0.3) is 22.2 Å². The summed E-state index contributed by atoms with van der Waals surface area (Å²) in [7, 11) is 4.75. The number of pyridine rings is 1. The molecular weight excluding hydrogens is 428 g/mol. The average molecular weight is 461 g/mol. The molecule has 0 spiro atoms. The molecule has 1 N–H and O–H groups in total. The summed E-state index contributed by atoms with van der Waals surface area (Å²) in [5.74, 6) is 3.73. The quantitative estimate of drug-likeness (QED) is 0.505. The summed E-state index contributed by atoms with van der Waals surface area (Å²) < 4.78 is 16.5. The molecule has 5 rings (SSSR count). The number of carbonyl (C=O) groups excluding carboxylic acids is 1. The first-order valence-corrected chi connectivity index (χ1v) is 12.0. The van der Waals surface area contributed by atoms with E-state index >= 15 is 0 Å². The van der Waals surface area contributed by atoms with E-state index in [0.717, 1.165) is 28.3 Å². The molecule has 2 bridgehead atoms. The Hall–Kier alpha value is -3.28. The number of carbonyl (C=O) groups is 1. The zero-order valence-electron chi connectivity index (χ0n) is 20.3. The van der Waals surface area contributed by atoms with Crippen LogP contribution in [0.3, 0.4) is 0 Å². The molecule has 2 aliphatic rings. The molecule has 2 saturated carbocycles. The predicted octanol–water partition coefficient (Wildman–Crippen LogP) is 5.48. The smallest absolute Gasteiger partial charge is 0.252 e. The minimum absolute atomic E-state index is 0.0532. The monoisotopic (exact) mass is 460 g/mol. The fraction of sp³-hybridized carbons (Fsp3) is 0.429. The number of hydrogen-bond donors (Lipinski definition) is 1. The van der Waals surface area contributed by atoms with Gasteiger partial charge in [-0.15, -0.1) is 0 Å². The first kappa shape index (κ1) is 22.5. The molecule has 2 aromatic carbocycles. The number of fused-ring (bicyclic) bond motifs is 3. The Kier molecular flexibility index (Phi) is 6.07. The molecule has 4 atom stereocenters. The second kappa shape index (κ2) is 9.16. The first-order valence-electron chi connectivity index (χ1n) is 12.0. The van der Waals surface area contributed by atoms with Crippen LogP contribution < -0.4 is 19.5 Å². The number of rotatable bonds is 7. The highest BCUT2D eigenvalue weighted by Gasteiger charge is 2.42. The Bertz CT molecular complexity index is 1200. The van der Waals surface area contributed by atoms with E-state index in [1.54, 1.807) is 21.3 Å². The number of aromatic nitrogens is 1. The van der Waals surface area contributed by atoms with Crippen molar-refractivity contribution in [1.82, 2.24) is 10.3 Å². The van der Waals surface area contributed by atoms with E-state index < -0.39 is 0 Å². The molecule has 0 aliphatic heterocycles. The van der Waals surface area contributed by atoms with Crippen molar-refractivity contribution in [2.24, 2.45) is 17.8 Å². The van der Waals surface area contributed by atoms with Crippen LogP contribution in [0.5, 0.6) is 17.2 Å². The number of amides is 1. The van der Waals surface area contributed by atoms with Gasteiger partial charge < -0.3 is 19.5 Å².